The van der Waals surface area contributed by atoms with Gasteiger partial charge in [0.05, 0.1) is 10.0 Å². The van der Waals surface area contributed by atoms with Gasteiger partial charge in [-0.15, -0.1) is 0 Å². The van der Waals surface area contributed by atoms with E-state index in [1.165, 1.54) is 0 Å². The van der Waals surface area contributed by atoms with Crippen LogP contribution in [0.1, 0.15) is 0 Å². The lowest BCUT2D eigenvalue weighted by atomic mass is 10.1. The fourth-order valence-corrected chi connectivity index (χ4v) is 2.00. The number of fused-ring (bicyclic) bond motifs is 1. The van der Waals surface area contributed by atoms with E-state index >= 15 is 0 Å². The molecule has 0 unspecified atom stereocenters. The molecule has 2 N–H and O–H groups in total. The number of rotatable bonds is 1. The maximum absolute atomic E-state index is 5.50. The molecule has 2 heterocycles. The standard InChI is InChI=1S/C10H7BrN2O3/c11-6-2-1-5(7-3-8(12)13-16-7)9-10(6)15-4-14-9/h1-3H,4H2,(H2,12,13). The first-order valence-electron chi connectivity index (χ1n) is 4.56. The van der Waals surface area contributed by atoms with E-state index < -0.39 is 0 Å². The number of aromatic nitrogens is 1. The Labute approximate surface area is 99.2 Å². The van der Waals surface area contributed by atoms with Crippen molar-refractivity contribution in [2.45, 2.75) is 0 Å². The van der Waals surface area contributed by atoms with Crippen molar-refractivity contribution >= 4 is 21.7 Å². The first-order chi connectivity index (χ1) is 7.75. The molecule has 0 spiro atoms. The number of anilines is 1. The molecule has 0 bridgehead atoms. The molecule has 0 atom stereocenters. The van der Waals surface area contributed by atoms with Crippen molar-refractivity contribution in [2.75, 3.05) is 12.5 Å². The molecule has 5 nitrogen and oxygen atoms in total. The van der Waals surface area contributed by atoms with Crippen LogP contribution in [0, 0.1) is 0 Å². The summed E-state index contributed by atoms with van der Waals surface area (Å²) in [4.78, 5) is 0. The minimum atomic E-state index is 0.203. The third-order valence-electron chi connectivity index (χ3n) is 2.26. The summed E-state index contributed by atoms with van der Waals surface area (Å²) in [6.07, 6.45) is 0. The SMILES string of the molecule is Nc1cc(-c2ccc(Br)c3c2OCO3)on1. The summed E-state index contributed by atoms with van der Waals surface area (Å²) in [5.41, 5.74) is 6.28. The molecule has 0 aliphatic carbocycles. The van der Waals surface area contributed by atoms with Gasteiger partial charge in [0, 0.05) is 6.07 Å². The lowest BCUT2D eigenvalue weighted by molar-refractivity contribution is 0.173. The Morgan fingerprint density at radius 2 is 2.06 bits per heavy atom. The number of nitrogens with zero attached hydrogens (tertiary/aromatic N) is 1. The second kappa shape index (κ2) is 3.41. The van der Waals surface area contributed by atoms with Crippen molar-refractivity contribution in [3.63, 3.8) is 0 Å². The van der Waals surface area contributed by atoms with Gasteiger partial charge in [-0.05, 0) is 28.1 Å². The van der Waals surface area contributed by atoms with Crippen LogP contribution in [0.15, 0.2) is 27.2 Å². The maximum Gasteiger partial charge on any atom is 0.231 e. The molecule has 0 radical (unpaired) electrons. The van der Waals surface area contributed by atoms with Crippen LogP contribution < -0.4 is 15.2 Å². The number of nitrogens with two attached hydrogens (primary N) is 1. The van der Waals surface area contributed by atoms with Gasteiger partial charge < -0.3 is 19.7 Å². The Morgan fingerprint density at radius 1 is 1.25 bits per heavy atom. The Balaban J connectivity index is 2.19. The molecular formula is C10H7BrN2O3. The van der Waals surface area contributed by atoms with Crippen LogP contribution in [-0.2, 0) is 0 Å². The number of hydrogen-bond acceptors (Lipinski definition) is 5. The topological polar surface area (TPSA) is 70.5 Å². The molecule has 82 valence electrons. The van der Waals surface area contributed by atoms with Crippen molar-refractivity contribution in [2.24, 2.45) is 0 Å². The van der Waals surface area contributed by atoms with Gasteiger partial charge >= 0.3 is 0 Å². The van der Waals surface area contributed by atoms with Gasteiger partial charge in [-0.1, -0.05) is 5.16 Å². The Hall–Kier alpha value is -1.69. The zero-order chi connectivity index (χ0) is 11.1. The lowest BCUT2D eigenvalue weighted by Crippen LogP contribution is -1.93. The van der Waals surface area contributed by atoms with Gasteiger partial charge in [0.1, 0.15) is 0 Å². The Kier molecular flexibility index (Phi) is 2.03. The number of ether oxygens (including phenoxy) is 2. The van der Waals surface area contributed by atoms with E-state index in [4.69, 9.17) is 19.7 Å². The third-order valence-corrected chi connectivity index (χ3v) is 2.89. The van der Waals surface area contributed by atoms with Gasteiger partial charge in [0.15, 0.2) is 23.1 Å². The molecule has 1 aliphatic heterocycles. The lowest BCUT2D eigenvalue weighted by Gasteiger charge is -2.03. The largest absolute Gasteiger partial charge is 0.453 e. The van der Waals surface area contributed by atoms with Crippen LogP contribution in [-0.4, -0.2) is 11.9 Å². The maximum atomic E-state index is 5.50. The van der Waals surface area contributed by atoms with Crippen LogP contribution >= 0.6 is 15.9 Å². The fourth-order valence-electron chi connectivity index (χ4n) is 1.57. The minimum Gasteiger partial charge on any atom is -0.453 e. The Bertz CT molecular complexity index is 553. The van der Waals surface area contributed by atoms with Gasteiger partial charge in [-0.2, -0.15) is 0 Å². The fraction of sp³-hybridized carbons (Fsp3) is 0.100. The summed E-state index contributed by atoms with van der Waals surface area (Å²) in [5, 5.41) is 3.64. The summed E-state index contributed by atoms with van der Waals surface area (Å²) in [5.74, 6) is 2.22. The first kappa shape index (κ1) is 9.53. The highest BCUT2D eigenvalue weighted by Gasteiger charge is 2.23. The molecule has 0 saturated carbocycles. The van der Waals surface area contributed by atoms with E-state index in [2.05, 4.69) is 21.1 Å². The number of benzene rings is 1. The van der Waals surface area contributed by atoms with Gasteiger partial charge in [-0.3, -0.25) is 0 Å². The van der Waals surface area contributed by atoms with Crippen molar-refractivity contribution in [3.05, 3.63) is 22.7 Å². The average molecular weight is 283 g/mol. The quantitative estimate of drug-likeness (QED) is 0.870. The highest BCUT2D eigenvalue weighted by atomic mass is 79.9. The Morgan fingerprint density at radius 3 is 2.81 bits per heavy atom. The summed E-state index contributed by atoms with van der Waals surface area (Å²) in [6.45, 7) is 0.203. The van der Waals surface area contributed by atoms with Crippen LogP contribution in [0.4, 0.5) is 5.82 Å². The van der Waals surface area contributed by atoms with Gasteiger partial charge in [0.25, 0.3) is 0 Å². The van der Waals surface area contributed by atoms with Crippen LogP contribution in [0.25, 0.3) is 11.3 Å². The summed E-state index contributed by atoms with van der Waals surface area (Å²) in [6, 6.07) is 5.37. The molecule has 6 heteroatoms. The highest BCUT2D eigenvalue weighted by molar-refractivity contribution is 9.10. The van der Waals surface area contributed by atoms with E-state index in [1.807, 2.05) is 12.1 Å². The highest BCUT2D eigenvalue weighted by Crippen LogP contribution is 2.45. The van der Waals surface area contributed by atoms with E-state index in [1.54, 1.807) is 6.07 Å². The second-order valence-electron chi connectivity index (χ2n) is 3.28. The van der Waals surface area contributed by atoms with Crippen molar-refractivity contribution < 1.29 is 14.0 Å². The molecule has 0 saturated heterocycles. The van der Waals surface area contributed by atoms with Crippen LogP contribution in [0.5, 0.6) is 11.5 Å². The number of nitrogen functional groups attached to an aromatic ring is 1. The van der Waals surface area contributed by atoms with Gasteiger partial charge in [0.2, 0.25) is 6.79 Å². The number of halogens is 1. The van der Waals surface area contributed by atoms with Gasteiger partial charge in [-0.25, -0.2) is 0 Å². The third kappa shape index (κ3) is 1.34. The molecule has 1 aromatic heterocycles. The van der Waals surface area contributed by atoms with Crippen LogP contribution in [0.3, 0.4) is 0 Å². The van der Waals surface area contributed by atoms with E-state index in [-0.39, 0.29) is 6.79 Å². The smallest absolute Gasteiger partial charge is 0.231 e. The molecule has 1 aliphatic rings. The normalized spacial score (nSPS) is 13.1. The zero-order valence-corrected chi connectivity index (χ0v) is 9.65. The molecule has 3 rings (SSSR count). The summed E-state index contributed by atoms with van der Waals surface area (Å²) >= 11 is 3.38. The van der Waals surface area contributed by atoms with Crippen molar-refractivity contribution in [1.29, 1.82) is 0 Å². The predicted octanol–water partition coefficient (Wildman–Crippen LogP) is 2.42. The van der Waals surface area contributed by atoms with E-state index in [0.29, 0.717) is 23.1 Å². The van der Waals surface area contributed by atoms with Crippen molar-refractivity contribution in [3.8, 4) is 22.8 Å². The summed E-state index contributed by atoms with van der Waals surface area (Å²) < 4.78 is 16.7. The minimum absolute atomic E-state index is 0.203. The zero-order valence-electron chi connectivity index (χ0n) is 8.07. The predicted molar refractivity (Wildman–Crippen MR) is 60.2 cm³/mol. The molecule has 1 aromatic carbocycles. The molecule has 0 amide bonds. The number of hydrogen-bond donors (Lipinski definition) is 1. The van der Waals surface area contributed by atoms with Crippen LogP contribution in [0.2, 0.25) is 0 Å². The summed E-state index contributed by atoms with van der Waals surface area (Å²) in [7, 11) is 0. The van der Waals surface area contributed by atoms with E-state index in [0.717, 1.165) is 10.0 Å². The van der Waals surface area contributed by atoms with E-state index in [9.17, 15) is 0 Å². The second-order valence-corrected chi connectivity index (χ2v) is 4.13. The molecule has 2 aromatic rings. The van der Waals surface area contributed by atoms with Crippen molar-refractivity contribution in [1.82, 2.24) is 5.16 Å². The average Bonchev–Trinajstić information content (AvgIpc) is 2.87. The molecule has 0 fully saturated rings. The monoisotopic (exact) mass is 282 g/mol. The molecular weight excluding hydrogens is 276 g/mol. The molecule has 16 heavy (non-hydrogen) atoms. The first-order valence-corrected chi connectivity index (χ1v) is 5.35.